The number of rotatable bonds is 4. The summed E-state index contributed by atoms with van der Waals surface area (Å²) < 4.78 is 5.47. The van der Waals surface area contributed by atoms with Gasteiger partial charge in [-0.25, -0.2) is 0 Å². The molecule has 1 saturated carbocycles. The first-order valence-corrected chi connectivity index (χ1v) is 6.86. The topological polar surface area (TPSA) is 68.2 Å². The maximum atomic E-state index is 5.99. The molecule has 0 unspecified atom stereocenters. The number of hydrogen-bond donors (Lipinski definition) is 1. The Morgan fingerprint density at radius 1 is 1.44 bits per heavy atom. The van der Waals surface area contributed by atoms with Gasteiger partial charge in [0.1, 0.15) is 0 Å². The van der Waals surface area contributed by atoms with Crippen LogP contribution in [0.2, 0.25) is 0 Å². The standard InChI is InChI=1S/C13H24N4O/c1-4-17(3)12-15-11(18-16-12)13(9-14)7-5-10(2)6-8-13/h10H,4-9,14H2,1-3H3. The van der Waals surface area contributed by atoms with Crippen molar-refractivity contribution < 1.29 is 4.52 Å². The van der Waals surface area contributed by atoms with Crippen LogP contribution < -0.4 is 10.6 Å². The van der Waals surface area contributed by atoms with Crippen molar-refractivity contribution in [1.29, 1.82) is 0 Å². The third-order valence-electron chi connectivity index (χ3n) is 4.31. The van der Waals surface area contributed by atoms with Gasteiger partial charge in [0.05, 0.1) is 5.41 Å². The predicted molar refractivity (Wildman–Crippen MR) is 71.6 cm³/mol. The van der Waals surface area contributed by atoms with Gasteiger partial charge in [0.25, 0.3) is 5.95 Å². The number of nitrogens with two attached hydrogens (primary N) is 1. The highest BCUT2D eigenvalue weighted by molar-refractivity contribution is 5.27. The molecular formula is C13H24N4O. The Hall–Kier alpha value is -1.10. The van der Waals surface area contributed by atoms with Gasteiger partial charge in [0.2, 0.25) is 5.89 Å². The molecule has 0 aromatic carbocycles. The summed E-state index contributed by atoms with van der Waals surface area (Å²) in [6.45, 7) is 5.82. The highest BCUT2D eigenvalue weighted by atomic mass is 16.5. The lowest BCUT2D eigenvalue weighted by Crippen LogP contribution is -2.39. The van der Waals surface area contributed by atoms with Crippen LogP contribution in [0.5, 0.6) is 0 Å². The smallest absolute Gasteiger partial charge is 0.265 e. The van der Waals surface area contributed by atoms with E-state index < -0.39 is 0 Å². The molecule has 2 rings (SSSR count). The van der Waals surface area contributed by atoms with Gasteiger partial charge < -0.3 is 15.2 Å². The minimum absolute atomic E-state index is 0.0909. The Kier molecular flexibility index (Phi) is 3.90. The fourth-order valence-corrected chi connectivity index (χ4v) is 2.55. The highest BCUT2D eigenvalue weighted by Gasteiger charge is 2.39. The first kappa shape index (κ1) is 13.3. The minimum atomic E-state index is -0.0909. The van der Waals surface area contributed by atoms with Gasteiger partial charge in [0, 0.05) is 20.1 Å². The Morgan fingerprint density at radius 2 is 2.11 bits per heavy atom. The van der Waals surface area contributed by atoms with Crippen molar-refractivity contribution in [3.05, 3.63) is 5.89 Å². The van der Waals surface area contributed by atoms with E-state index in [2.05, 4.69) is 24.0 Å². The van der Waals surface area contributed by atoms with E-state index in [-0.39, 0.29) is 5.41 Å². The molecule has 0 saturated heterocycles. The van der Waals surface area contributed by atoms with Crippen LogP contribution in [-0.4, -0.2) is 30.3 Å². The molecule has 1 aliphatic carbocycles. The van der Waals surface area contributed by atoms with Crippen molar-refractivity contribution in [2.45, 2.75) is 44.9 Å². The van der Waals surface area contributed by atoms with E-state index >= 15 is 0 Å². The van der Waals surface area contributed by atoms with Crippen molar-refractivity contribution >= 4 is 5.95 Å². The fraction of sp³-hybridized carbons (Fsp3) is 0.846. The Labute approximate surface area is 109 Å². The molecular weight excluding hydrogens is 228 g/mol. The summed E-state index contributed by atoms with van der Waals surface area (Å²) >= 11 is 0. The molecule has 1 heterocycles. The molecule has 1 fully saturated rings. The average molecular weight is 252 g/mol. The van der Waals surface area contributed by atoms with Gasteiger partial charge in [-0.15, -0.1) is 0 Å². The van der Waals surface area contributed by atoms with Gasteiger partial charge in [0.15, 0.2) is 0 Å². The second-order valence-corrected chi connectivity index (χ2v) is 5.58. The van der Waals surface area contributed by atoms with Gasteiger partial charge >= 0.3 is 0 Å². The SMILES string of the molecule is CCN(C)c1noc(C2(CN)CCC(C)CC2)n1. The number of anilines is 1. The summed E-state index contributed by atoms with van der Waals surface area (Å²) in [6, 6.07) is 0. The first-order chi connectivity index (χ1) is 8.61. The van der Waals surface area contributed by atoms with Gasteiger partial charge in [-0.2, -0.15) is 4.98 Å². The molecule has 2 N–H and O–H groups in total. The summed E-state index contributed by atoms with van der Waals surface area (Å²) in [5.74, 6) is 2.18. The van der Waals surface area contributed by atoms with E-state index in [1.807, 2.05) is 11.9 Å². The van der Waals surface area contributed by atoms with Crippen LogP contribution in [0.1, 0.15) is 45.4 Å². The van der Waals surface area contributed by atoms with Crippen LogP contribution in [0.15, 0.2) is 4.52 Å². The molecule has 0 amide bonds. The summed E-state index contributed by atoms with van der Waals surface area (Å²) in [5.41, 5.74) is 5.90. The quantitative estimate of drug-likeness (QED) is 0.886. The van der Waals surface area contributed by atoms with E-state index in [1.165, 1.54) is 12.8 Å². The number of nitrogens with zero attached hydrogens (tertiary/aromatic N) is 3. The van der Waals surface area contributed by atoms with E-state index in [9.17, 15) is 0 Å². The molecule has 1 aromatic heterocycles. The van der Waals surface area contributed by atoms with Crippen molar-refractivity contribution in [1.82, 2.24) is 10.1 Å². The molecule has 1 aromatic rings. The van der Waals surface area contributed by atoms with Crippen molar-refractivity contribution in [3.8, 4) is 0 Å². The van der Waals surface area contributed by atoms with Crippen LogP contribution in [-0.2, 0) is 5.41 Å². The van der Waals surface area contributed by atoms with Crippen LogP contribution in [0.3, 0.4) is 0 Å². The molecule has 102 valence electrons. The Morgan fingerprint density at radius 3 is 2.67 bits per heavy atom. The van der Waals surface area contributed by atoms with E-state index in [0.29, 0.717) is 12.5 Å². The predicted octanol–water partition coefficient (Wildman–Crippen LogP) is 1.93. The zero-order valence-electron chi connectivity index (χ0n) is 11.6. The van der Waals surface area contributed by atoms with Crippen LogP contribution in [0, 0.1) is 5.92 Å². The average Bonchev–Trinajstić information content (AvgIpc) is 2.89. The van der Waals surface area contributed by atoms with E-state index in [4.69, 9.17) is 10.3 Å². The maximum Gasteiger partial charge on any atom is 0.265 e. The largest absolute Gasteiger partial charge is 0.342 e. The van der Waals surface area contributed by atoms with E-state index in [1.54, 1.807) is 0 Å². The molecule has 0 radical (unpaired) electrons. The minimum Gasteiger partial charge on any atom is -0.342 e. The monoisotopic (exact) mass is 252 g/mol. The summed E-state index contributed by atoms with van der Waals surface area (Å²) in [4.78, 5) is 6.52. The van der Waals surface area contributed by atoms with E-state index in [0.717, 1.165) is 31.2 Å². The van der Waals surface area contributed by atoms with Gasteiger partial charge in [-0.3, -0.25) is 0 Å². The van der Waals surface area contributed by atoms with Gasteiger partial charge in [-0.05, 0) is 43.7 Å². The zero-order valence-corrected chi connectivity index (χ0v) is 11.6. The summed E-state index contributed by atoms with van der Waals surface area (Å²) in [6.07, 6.45) is 4.50. The van der Waals surface area contributed by atoms with Gasteiger partial charge in [-0.1, -0.05) is 6.92 Å². The Bertz CT molecular complexity index is 382. The molecule has 5 heteroatoms. The molecule has 0 aliphatic heterocycles. The second-order valence-electron chi connectivity index (χ2n) is 5.58. The van der Waals surface area contributed by atoms with Crippen molar-refractivity contribution in [2.75, 3.05) is 25.0 Å². The van der Waals surface area contributed by atoms with Crippen LogP contribution in [0.25, 0.3) is 0 Å². The molecule has 0 spiro atoms. The lowest BCUT2D eigenvalue weighted by atomic mass is 9.71. The lowest BCUT2D eigenvalue weighted by Gasteiger charge is -2.35. The lowest BCUT2D eigenvalue weighted by molar-refractivity contribution is 0.191. The molecule has 0 atom stereocenters. The summed E-state index contributed by atoms with van der Waals surface area (Å²) in [5, 5.41) is 4.06. The zero-order chi connectivity index (χ0) is 13.2. The molecule has 1 aliphatic rings. The third kappa shape index (κ3) is 2.36. The van der Waals surface area contributed by atoms with Crippen LogP contribution in [0.4, 0.5) is 5.95 Å². The normalized spacial score (nSPS) is 28.3. The fourth-order valence-electron chi connectivity index (χ4n) is 2.55. The molecule has 18 heavy (non-hydrogen) atoms. The third-order valence-corrected chi connectivity index (χ3v) is 4.31. The van der Waals surface area contributed by atoms with Crippen molar-refractivity contribution in [2.24, 2.45) is 11.7 Å². The highest BCUT2D eigenvalue weighted by Crippen LogP contribution is 2.40. The van der Waals surface area contributed by atoms with Crippen molar-refractivity contribution in [3.63, 3.8) is 0 Å². The molecule has 5 nitrogen and oxygen atoms in total. The number of aromatic nitrogens is 2. The second kappa shape index (κ2) is 5.26. The number of hydrogen-bond acceptors (Lipinski definition) is 5. The maximum absolute atomic E-state index is 5.99. The first-order valence-electron chi connectivity index (χ1n) is 6.86. The molecule has 0 bridgehead atoms. The summed E-state index contributed by atoms with van der Waals surface area (Å²) in [7, 11) is 1.96. The Balaban J connectivity index is 2.20. The van der Waals surface area contributed by atoms with Crippen LogP contribution >= 0.6 is 0 Å².